The molecule has 0 aliphatic rings. The lowest BCUT2D eigenvalue weighted by atomic mass is 10.3. The molecule has 2 aromatic rings. The van der Waals surface area contributed by atoms with Crippen LogP contribution in [0.5, 0.6) is 0 Å². The van der Waals surface area contributed by atoms with Gasteiger partial charge in [0.1, 0.15) is 17.7 Å². The second-order valence-electron chi connectivity index (χ2n) is 3.45. The minimum atomic E-state index is -0.419. The molecule has 92 valence electrons. The van der Waals surface area contributed by atoms with Gasteiger partial charge in [-0.25, -0.2) is 15.0 Å². The lowest BCUT2D eigenvalue weighted by molar-refractivity contribution is 0.102. The number of hydrogen-bond donors (Lipinski definition) is 1. The van der Waals surface area contributed by atoms with Crippen LogP contribution >= 0.6 is 23.2 Å². The minimum Gasteiger partial charge on any atom is -0.315 e. The van der Waals surface area contributed by atoms with Crippen LogP contribution in [0.2, 0.25) is 10.3 Å². The molecule has 0 fully saturated rings. The van der Waals surface area contributed by atoms with E-state index in [4.69, 9.17) is 23.2 Å². The number of aromatic nitrogens is 3. The summed E-state index contributed by atoms with van der Waals surface area (Å²) in [5.41, 5.74) is 1.18. The van der Waals surface area contributed by atoms with Gasteiger partial charge >= 0.3 is 0 Å². The van der Waals surface area contributed by atoms with E-state index < -0.39 is 5.91 Å². The smallest absolute Gasteiger partial charge is 0.274 e. The Bertz CT molecular complexity index is 583. The molecule has 1 N–H and O–H groups in total. The molecule has 0 aliphatic heterocycles. The summed E-state index contributed by atoms with van der Waals surface area (Å²) in [4.78, 5) is 23.5. The molecular weight excluding hydrogens is 275 g/mol. The second kappa shape index (κ2) is 5.29. The Morgan fingerprint density at radius 2 is 1.89 bits per heavy atom. The molecule has 0 spiro atoms. The van der Waals surface area contributed by atoms with Crippen LogP contribution in [0.1, 0.15) is 16.2 Å². The first-order valence-corrected chi connectivity index (χ1v) is 5.74. The van der Waals surface area contributed by atoms with Gasteiger partial charge in [-0.05, 0) is 19.1 Å². The zero-order chi connectivity index (χ0) is 13.1. The lowest BCUT2D eigenvalue weighted by Crippen LogP contribution is -2.15. The number of amides is 1. The summed E-state index contributed by atoms with van der Waals surface area (Å²) in [6.45, 7) is 1.79. The first-order chi connectivity index (χ1) is 8.58. The van der Waals surface area contributed by atoms with Crippen LogP contribution in [-0.2, 0) is 0 Å². The van der Waals surface area contributed by atoms with Gasteiger partial charge in [0.2, 0.25) is 0 Å². The van der Waals surface area contributed by atoms with E-state index in [0.717, 1.165) is 5.69 Å². The highest BCUT2D eigenvalue weighted by atomic mass is 35.5. The molecule has 7 heteroatoms. The number of anilines is 1. The van der Waals surface area contributed by atoms with Crippen LogP contribution in [0.3, 0.4) is 0 Å². The zero-order valence-corrected chi connectivity index (χ0v) is 10.8. The van der Waals surface area contributed by atoms with Crippen molar-refractivity contribution in [3.8, 4) is 0 Å². The van der Waals surface area contributed by atoms with E-state index in [-0.39, 0.29) is 21.7 Å². The summed E-state index contributed by atoms with van der Waals surface area (Å²) in [6.07, 6.45) is 1.21. The predicted octanol–water partition coefficient (Wildman–Crippen LogP) is 2.74. The van der Waals surface area contributed by atoms with E-state index >= 15 is 0 Å². The Balaban J connectivity index is 2.27. The number of pyridine rings is 1. The van der Waals surface area contributed by atoms with Gasteiger partial charge in [0.05, 0.1) is 0 Å². The number of rotatable bonds is 2. The molecule has 2 heterocycles. The van der Waals surface area contributed by atoms with Crippen LogP contribution in [0.15, 0.2) is 24.5 Å². The minimum absolute atomic E-state index is 0.0796. The van der Waals surface area contributed by atoms with Gasteiger partial charge < -0.3 is 5.32 Å². The molecule has 18 heavy (non-hydrogen) atoms. The van der Waals surface area contributed by atoms with E-state index in [1.807, 2.05) is 0 Å². The molecule has 0 atom stereocenters. The van der Waals surface area contributed by atoms with Crippen LogP contribution in [-0.4, -0.2) is 20.9 Å². The molecule has 0 saturated heterocycles. The van der Waals surface area contributed by atoms with Gasteiger partial charge in [-0.2, -0.15) is 0 Å². The van der Waals surface area contributed by atoms with Crippen molar-refractivity contribution in [1.29, 1.82) is 0 Å². The molecule has 0 aromatic carbocycles. The Labute approximate surface area is 113 Å². The fourth-order valence-electron chi connectivity index (χ4n) is 1.29. The summed E-state index contributed by atoms with van der Waals surface area (Å²) in [6, 6.07) is 5.12. The van der Waals surface area contributed by atoms with E-state index in [1.165, 1.54) is 6.33 Å². The molecular formula is C11H8Cl2N4O. The van der Waals surface area contributed by atoms with Crippen LogP contribution in [0.4, 0.5) is 5.69 Å². The normalized spacial score (nSPS) is 10.2. The summed E-state index contributed by atoms with van der Waals surface area (Å²) < 4.78 is 0. The number of hydrogen-bond acceptors (Lipinski definition) is 4. The Morgan fingerprint density at radius 1 is 1.22 bits per heavy atom. The molecule has 1 amide bonds. The first kappa shape index (κ1) is 12.7. The third-order valence-electron chi connectivity index (χ3n) is 2.11. The summed E-state index contributed by atoms with van der Waals surface area (Å²) >= 11 is 11.6. The van der Waals surface area contributed by atoms with E-state index in [2.05, 4.69) is 20.3 Å². The first-order valence-electron chi connectivity index (χ1n) is 4.99. The average molecular weight is 283 g/mol. The highest BCUT2D eigenvalue weighted by Crippen LogP contribution is 2.25. The summed E-state index contributed by atoms with van der Waals surface area (Å²) in [7, 11) is 0. The number of nitrogens with one attached hydrogen (secondary N) is 1. The van der Waals surface area contributed by atoms with Crippen LogP contribution in [0, 0.1) is 6.92 Å². The van der Waals surface area contributed by atoms with Crippen molar-refractivity contribution < 1.29 is 4.79 Å². The van der Waals surface area contributed by atoms with Crippen molar-refractivity contribution in [1.82, 2.24) is 15.0 Å². The average Bonchev–Trinajstić information content (AvgIpc) is 2.34. The topological polar surface area (TPSA) is 67.8 Å². The number of halogens is 2. The molecule has 5 nitrogen and oxygen atoms in total. The van der Waals surface area contributed by atoms with E-state index in [1.54, 1.807) is 25.1 Å². The van der Waals surface area contributed by atoms with Crippen molar-refractivity contribution in [2.24, 2.45) is 0 Å². The van der Waals surface area contributed by atoms with Crippen molar-refractivity contribution in [3.63, 3.8) is 0 Å². The maximum absolute atomic E-state index is 11.9. The largest absolute Gasteiger partial charge is 0.315 e. The fraction of sp³-hybridized carbons (Fsp3) is 0.0909. The SMILES string of the molecule is Cc1cccc(C(=O)Nc2c(Cl)ncnc2Cl)n1. The fourth-order valence-corrected chi connectivity index (χ4v) is 1.70. The molecule has 2 rings (SSSR count). The molecule has 0 saturated carbocycles. The van der Waals surface area contributed by atoms with Gasteiger partial charge in [0.15, 0.2) is 10.3 Å². The second-order valence-corrected chi connectivity index (χ2v) is 4.16. The Kier molecular flexibility index (Phi) is 3.74. The third-order valence-corrected chi connectivity index (χ3v) is 2.69. The molecule has 0 unspecified atom stereocenters. The van der Waals surface area contributed by atoms with E-state index in [0.29, 0.717) is 0 Å². The van der Waals surface area contributed by atoms with Gasteiger partial charge in [-0.1, -0.05) is 29.3 Å². The van der Waals surface area contributed by atoms with Crippen molar-refractivity contribution in [3.05, 3.63) is 46.2 Å². The molecule has 0 radical (unpaired) electrons. The molecule has 2 aromatic heterocycles. The van der Waals surface area contributed by atoms with Gasteiger partial charge in [-0.15, -0.1) is 0 Å². The number of carbonyl (C=O) groups excluding carboxylic acids is 1. The predicted molar refractivity (Wildman–Crippen MR) is 69.0 cm³/mol. The lowest BCUT2D eigenvalue weighted by Gasteiger charge is -2.07. The third kappa shape index (κ3) is 2.75. The number of nitrogens with zero attached hydrogens (tertiary/aromatic N) is 3. The highest BCUT2D eigenvalue weighted by molar-refractivity contribution is 6.38. The van der Waals surface area contributed by atoms with Crippen molar-refractivity contribution in [2.45, 2.75) is 6.92 Å². The molecule has 0 aliphatic carbocycles. The molecule has 0 bridgehead atoms. The van der Waals surface area contributed by atoms with Crippen molar-refractivity contribution >= 4 is 34.8 Å². The number of carbonyl (C=O) groups is 1. The highest BCUT2D eigenvalue weighted by Gasteiger charge is 2.14. The monoisotopic (exact) mass is 282 g/mol. The van der Waals surface area contributed by atoms with Gasteiger partial charge in [0.25, 0.3) is 5.91 Å². The quantitative estimate of drug-likeness (QED) is 0.860. The standard InChI is InChI=1S/C11H8Cl2N4O/c1-6-3-2-4-7(16-6)11(18)17-8-9(12)14-5-15-10(8)13/h2-5H,1H3,(H,17,18). The number of aryl methyl sites for hydroxylation is 1. The Hall–Kier alpha value is -1.72. The van der Waals surface area contributed by atoms with E-state index in [9.17, 15) is 4.79 Å². The van der Waals surface area contributed by atoms with Gasteiger partial charge in [0, 0.05) is 5.69 Å². The zero-order valence-electron chi connectivity index (χ0n) is 9.32. The van der Waals surface area contributed by atoms with Crippen molar-refractivity contribution in [2.75, 3.05) is 5.32 Å². The van der Waals surface area contributed by atoms with Gasteiger partial charge in [-0.3, -0.25) is 4.79 Å². The summed E-state index contributed by atoms with van der Waals surface area (Å²) in [5, 5.41) is 2.69. The summed E-state index contributed by atoms with van der Waals surface area (Å²) in [5.74, 6) is -0.419. The maximum Gasteiger partial charge on any atom is 0.274 e. The Morgan fingerprint density at radius 3 is 2.50 bits per heavy atom. The van der Waals surface area contributed by atoms with Crippen LogP contribution < -0.4 is 5.32 Å². The maximum atomic E-state index is 11.9. The van der Waals surface area contributed by atoms with Crippen LogP contribution in [0.25, 0.3) is 0 Å².